The van der Waals surface area contributed by atoms with Gasteiger partial charge in [-0.05, 0) is 67.1 Å². The number of hydrogen-bond acceptors (Lipinski definition) is 7. The zero-order valence-corrected chi connectivity index (χ0v) is 18.9. The number of para-hydroxylation sites is 1. The minimum absolute atomic E-state index is 0.0285. The van der Waals surface area contributed by atoms with Crippen LogP contribution in [-0.2, 0) is 6.54 Å². The van der Waals surface area contributed by atoms with Crippen LogP contribution in [0, 0.1) is 0 Å². The monoisotopic (exact) mass is 447 g/mol. The van der Waals surface area contributed by atoms with Crippen LogP contribution in [0.15, 0.2) is 47.6 Å². The van der Waals surface area contributed by atoms with Gasteiger partial charge >= 0.3 is 0 Å². The number of benzene rings is 2. The van der Waals surface area contributed by atoms with Crippen molar-refractivity contribution in [2.24, 2.45) is 0 Å². The highest BCUT2D eigenvalue weighted by Gasteiger charge is 2.13. The summed E-state index contributed by atoms with van der Waals surface area (Å²) in [6.45, 7) is 5.48. The van der Waals surface area contributed by atoms with Gasteiger partial charge in [-0.1, -0.05) is 41.6 Å². The van der Waals surface area contributed by atoms with Crippen molar-refractivity contribution in [1.29, 1.82) is 0 Å². The summed E-state index contributed by atoms with van der Waals surface area (Å²) in [5.41, 5.74) is 2.01. The van der Waals surface area contributed by atoms with Gasteiger partial charge in [0.2, 0.25) is 5.16 Å². The van der Waals surface area contributed by atoms with Crippen molar-refractivity contribution in [2.75, 3.05) is 19.4 Å². The second-order valence-corrected chi connectivity index (χ2v) is 8.33. The molecule has 0 spiro atoms. The average molecular weight is 448 g/mol. The Kier molecular flexibility index (Phi) is 8.36. The molecule has 9 heteroatoms. The predicted molar refractivity (Wildman–Crippen MR) is 120 cm³/mol. The molecule has 0 radical (unpaired) electrons. The lowest BCUT2D eigenvalue weighted by atomic mass is 10.2. The lowest BCUT2D eigenvalue weighted by Gasteiger charge is -2.16. The van der Waals surface area contributed by atoms with Gasteiger partial charge in [-0.25, -0.2) is 0 Å². The van der Waals surface area contributed by atoms with Crippen molar-refractivity contribution < 1.29 is 9.47 Å². The first kappa shape index (κ1) is 22.4. The second kappa shape index (κ2) is 11.2. The molecule has 3 rings (SSSR count). The minimum Gasteiger partial charge on any atom is -0.493 e. The van der Waals surface area contributed by atoms with Crippen molar-refractivity contribution in [3.8, 4) is 17.2 Å². The van der Waals surface area contributed by atoms with E-state index in [1.165, 1.54) is 0 Å². The third-order valence-electron chi connectivity index (χ3n) is 4.14. The standard InChI is InChI=1S/C21H26ClN5O2S/c1-15(2)29-20-18(22)12-16(13-19(20)28-3)14-23-10-7-11-30-21-24-25-26-27(21)17-8-5-4-6-9-17/h4-6,8-9,12-13,15,23H,7,10-11,14H2,1-3H3. The molecule has 1 N–H and O–H groups in total. The maximum atomic E-state index is 6.39. The van der Waals surface area contributed by atoms with Crippen LogP contribution in [0.4, 0.5) is 0 Å². The number of aromatic nitrogens is 4. The molecule has 3 aromatic rings. The van der Waals surface area contributed by atoms with Gasteiger partial charge in [0.1, 0.15) is 0 Å². The number of rotatable bonds is 11. The molecule has 0 aliphatic carbocycles. The first-order chi connectivity index (χ1) is 14.6. The van der Waals surface area contributed by atoms with Gasteiger partial charge in [-0.15, -0.1) is 5.10 Å². The Hall–Kier alpha value is -2.29. The maximum absolute atomic E-state index is 6.39. The Labute approximate surface area is 186 Å². The van der Waals surface area contributed by atoms with Crippen LogP contribution in [0.2, 0.25) is 5.02 Å². The number of nitrogens with zero attached hydrogens (tertiary/aromatic N) is 4. The zero-order chi connectivity index (χ0) is 21.3. The normalized spacial score (nSPS) is 11.1. The SMILES string of the molecule is COc1cc(CNCCCSc2nnnn2-c2ccccc2)cc(Cl)c1OC(C)C. The summed E-state index contributed by atoms with van der Waals surface area (Å²) in [5, 5.41) is 16.8. The minimum atomic E-state index is 0.0285. The van der Waals surface area contributed by atoms with Crippen LogP contribution in [0.1, 0.15) is 25.8 Å². The third-order valence-corrected chi connectivity index (χ3v) is 5.43. The van der Waals surface area contributed by atoms with E-state index in [0.717, 1.165) is 35.1 Å². The molecule has 7 nitrogen and oxygen atoms in total. The average Bonchev–Trinajstić information content (AvgIpc) is 3.21. The van der Waals surface area contributed by atoms with Crippen LogP contribution in [0.3, 0.4) is 0 Å². The van der Waals surface area contributed by atoms with E-state index in [1.807, 2.05) is 56.3 Å². The molecule has 0 aliphatic heterocycles. The van der Waals surface area contributed by atoms with Gasteiger partial charge in [-0.3, -0.25) is 0 Å². The summed E-state index contributed by atoms with van der Waals surface area (Å²) < 4.78 is 13.0. The zero-order valence-electron chi connectivity index (χ0n) is 17.3. The second-order valence-electron chi connectivity index (χ2n) is 6.86. The Morgan fingerprint density at radius 2 is 2.00 bits per heavy atom. The largest absolute Gasteiger partial charge is 0.493 e. The van der Waals surface area contributed by atoms with E-state index in [1.54, 1.807) is 23.6 Å². The van der Waals surface area contributed by atoms with Crippen LogP contribution in [0.25, 0.3) is 5.69 Å². The quantitative estimate of drug-likeness (QED) is 0.345. The number of methoxy groups -OCH3 is 1. The van der Waals surface area contributed by atoms with Gasteiger partial charge in [0.15, 0.2) is 11.5 Å². The lowest BCUT2D eigenvalue weighted by molar-refractivity contribution is 0.230. The molecular weight excluding hydrogens is 422 g/mol. The molecule has 0 saturated heterocycles. The highest BCUT2D eigenvalue weighted by atomic mass is 35.5. The molecule has 160 valence electrons. The fraction of sp³-hybridized carbons (Fsp3) is 0.381. The molecule has 0 bridgehead atoms. The fourth-order valence-corrected chi connectivity index (χ4v) is 3.93. The van der Waals surface area contributed by atoms with Gasteiger partial charge in [0.25, 0.3) is 0 Å². The van der Waals surface area contributed by atoms with Crippen molar-refractivity contribution in [1.82, 2.24) is 25.5 Å². The maximum Gasteiger partial charge on any atom is 0.214 e. The molecule has 1 aromatic heterocycles. The number of hydrogen-bond donors (Lipinski definition) is 1. The van der Waals surface area contributed by atoms with Gasteiger partial charge in [0.05, 0.1) is 23.9 Å². The summed E-state index contributed by atoms with van der Waals surface area (Å²) >= 11 is 8.03. The van der Waals surface area contributed by atoms with E-state index >= 15 is 0 Å². The Bertz CT molecular complexity index is 936. The van der Waals surface area contributed by atoms with Crippen LogP contribution in [-0.4, -0.2) is 45.7 Å². The Balaban J connectivity index is 1.45. The molecule has 0 aliphatic rings. The number of ether oxygens (including phenoxy) is 2. The molecule has 1 heterocycles. The Morgan fingerprint density at radius 1 is 1.20 bits per heavy atom. The molecule has 0 saturated carbocycles. The van der Waals surface area contributed by atoms with Crippen LogP contribution in [0.5, 0.6) is 11.5 Å². The van der Waals surface area contributed by atoms with Crippen molar-refractivity contribution >= 4 is 23.4 Å². The molecule has 0 unspecified atom stereocenters. The summed E-state index contributed by atoms with van der Waals surface area (Å²) in [4.78, 5) is 0. The van der Waals surface area contributed by atoms with E-state index < -0.39 is 0 Å². The number of halogens is 1. The Morgan fingerprint density at radius 3 is 2.73 bits per heavy atom. The van der Waals surface area contributed by atoms with E-state index in [9.17, 15) is 0 Å². The fourth-order valence-electron chi connectivity index (χ4n) is 2.82. The first-order valence-electron chi connectivity index (χ1n) is 9.79. The molecule has 30 heavy (non-hydrogen) atoms. The first-order valence-corrected chi connectivity index (χ1v) is 11.1. The van der Waals surface area contributed by atoms with Gasteiger partial charge in [0, 0.05) is 12.3 Å². The summed E-state index contributed by atoms with van der Waals surface area (Å²) in [5.74, 6) is 2.15. The number of tetrazole rings is 1. The van der Waals surface area contributed by atoms with E-state index in [4.69, 9.17) is 21.1 Å². The smallest absolute Gasteiger partial charge is 0.214 e. The van der Waals surface area contributed by atoms with Crippen molar-refractivity contribution in [3.63, 3.8) is 0 Å². The van der Waals surface area contributed by atoms with Gasteiger partial charge in [-0.2, -0.15) is 4.68 Å². The highest BCUT2D eigenvalue weighted by Crippen LogP contribution is 2.37. The van der Waals surface area contributed by atoms with Crippen LogP contribution >= 0.6 is 23.4 Å². The molecule has 0 amide bonds. The van der Waals surface area contributed by atoms with E-state index in [2.05, 4.69) is 20.8 Å². The lowest BCUT2D eigenvalue weighted by Crippen LogP contribution is -2.16. The summed E-state index contributed by atoms with van der Waals surface area (Å²) in [6.07, 6.45) is 1.01. The van der Waals surface area contributed by atoms with Crippen molar-refractivity contribution in [3.05, 3.63) is 53.1 Å². The molecular formula is C21H26ClN5O2S. The highest BCUT2D eigenvalue weighted by molar-refractivity contribution is 7.99. The van der Waals surface area contributed by atoms with E-state index in [-0.39, 0.29) is 6.10 Å². The molecule has 0 fully saturated rings. The van der Waals surface area contributed by atoms with E-state index in [0.29, 0.717) is 23.1 Å². The predicted octanol–water partition coefficient (Wildman–Crippen LogP) is 4.38. The summed E-state index contributed by atoms with van der Waals surface area (Å²) in [6, 6.07) is 13.8. The molecule has 2 aromatic carbocycles. The topological polar surface area (TPSA) is 74.1 Å². The molecule has 0 atom stereocenters. The number of nitrogens with one attached hydrogen (secondary N) is 1. The van der Waals surface area contributed by atoms with Crippen LogP contribution < -0.4 is 14.8 Å². The van der Waals surface area contributed by atoms with Gasteiger partial charge < -0.3 is 14.8 Å². The number of thioether (sulfide) groups is 1. The van der Waals surface area contributed by atoms with Crippen molar-refractivity contribution in [2.45, 2.75) is 38.1 Å². The summed E-state index contributed by atoms with van der Waals surface area (Å²) in [7, 11) is 1.62. The third kappa shape index (κ3) is 6.10.